The van der Waals surface area contributed by atoms with Crippen LogP contribution in [0.5, 0.6) is 0 Å². The molecule has 3 nitrogen and oxygen atoms in total. The summed E-state index contributed by atoms with van der Waals surface area (Å²) in [6, 6.07) is 2.16. The second kappa shape index (κ2) is 6.34. The van der Waals surface area contributed by atoms with E-state index in [0.29, 0.717) is 5.41 Å². The zero-order valence-corrected chi connectivity index (χ0v) is 14.3. The Balaban J connectivity index is 0.00000132. The molecule has 0 amide bonds. The van der Waals surface area contributed by atoms with Gasteiger partial charge < -0.3 is 5.32 Å². The average molecular weight is 342 g/mol. The Hall–Kier alpha value is -0.460. The van der Waals surface area contributed by atoms with Crippen molar-refractivity contribution in [2.75, 3.05) is 26.2 Å². The zero-order valence-electron chi connectivity index (χ0n) is 11.9. The molecule has 1 atom stereocenters. The number of likely N-dealkylation sites (tertiary alicyclic amines) is 1. The molecular formula is C15H20ClN3S2. The molecule has 1 spiro atoms. The van der Waals surface area contributed by atoms with E-state index in [2.05, 4.69) is 32.4 Å². The minimum Gasteiger partial charge on any atom is -0.316 e. The molecule has 2 aliphatic heterocycles. The number of nitrogens with zero attached hydrogens (tertiary/aromatic N) is 2. The van der Waals surface area contributed by atoms with Crippen molar-refractivity contribution in [3.8, 4) is 10.6 Å². The molecule has 1 N–H and O–H groups in total. The highest BCUT2D eigenvalue weighted by Crippen LogP contribution is 2.36. The van der Waals surface area contributed by atoms with Gasteiger partial charge in [0.05, 0.1) is 5.69 Å². The van der Waals surface area contributed by atoms with Crippen LogP contribution in [0.2, 0.25) is 0 Å². The minimum absolute atomic E-state index is 0. The van der Waals surface area contributed by atoms with Gasteiger partial charge in [0.1, 0.15) is 5.01 Å². The lowest BCUT2D eigenvalue weighted by Crippen LogP contribution is -2.29. The van der Waals surface area contributed by atoms with Crippen molar-refractivity contribution in [1.29, 1.82) is 0 Å². The number of nitrogens with one attached hydrogen (secondary N) is 1. The van der Waals surface area contributed by atoms with Crippen LogP contribution in [0.4, 0.5) is 0 Å². The third-order valence-electron chi connectivity index (χ3n) is 4.55. The number of halogens is 1. The Labute approximate surface area is 139 Å². The molecule has 2 aliphatic rings. The molecule has 2 saturated heterocycles. The smallest absolute Gasteiger partial charge is 0.124 e. The summed E-state index contributed by atoms with van der Waals surface area (Å²) in [5.41, 5.74) is 3.06. The average Bonchev–Trinajstić information content (AvgIpc) is 3.21. The summed E-state index contributed by atoms with van der Waals surface area (Å²) in [5.74, 6) is 0. The maximum atomic E-state index is 4.80. The van der Waals surface area contributed by atoms with Crippen LogP contribution in [0, 0.1) is 5.41 Å². The summed E-state index contributed by atoms with van der Waals surface area (Å²) in [5, 5.41) is 11.2. The number of hydrogen-bond donors (Lipinski definition) is 1. The van der Waals surface area contributed by atoms with Crippen LogP contribution in [0.15, 0.2) is 22.2 Å². The fourth-order valence-corrected chi connectivity index (χ4v) is 4.96. The summed E-state index contributed by atoms with van der Waals surface area (Å²) in [7, 11) is 0. The van der Waals surface area contributed by atoms with Gasteiger partial charge in [-0.3, -0.25) is 4.90 Å². The molecule has 0 saturated carbocycles. The fraction of sp³-hybridized carbons (Fsp3) is 0.533. The highest BCUT2D eigenvalue weighted by Gasteiger charge is 2.40. The van der Waals surface area contributed by atoms with E-state index in [1.807, 2.05) is 0 Å². The Kier molecular flexibility index (Phi) is 4.66. The predicted molar refractivity (Wildman–Crippen MR) is 92.5 cm³/mol. The zero-order chi connectivity index (χ0) is 13.4. The molecule has 6 heteroatoms. The molecule has 0 radical (unpaired) electrons. The lowest BCUT2D eigenvalue weighted by atomic mass is 9.87. The lowest BCUT2D eigenvalue weighted by Gasteiger charge is -2.22. The maximum Gasteiger partial charge on any atom is 0.124 e. The van der Waals surface area contributed by atoms with Crippen molar-refractivity contribution in [3.63, 3.8) is 0 Å². The molecule has 0 aliphatic carbocycles. The van der Waals surface area contributed by atoms with Gasteiger partial charge in [0.2, 0.25) is 0 Å². The second-order valence-corrected chi connectivity index (χ2v) is 7.68. The van der Waals surface area contributed by atoms with Crippen molar-refractivity contribution in [3.05, 3.63) is 27.9 Å². The van der Waals surface area contributed by atoms with Gasteiger partial charge in [-0.2, -0.15) is 11.3 Å². The Bertz CT molecular complexity index is 576. The summed E-state index contributed by atoms with van der Waals surface area (Å²) >= 11 is 3.51. The quantitative estimate of drug-likeness (QED) is 0.926. The largest absolute Gasteiger partial charge is 0.316 e. The molecule has 0 aromatic carbocycles. The normalized spacial score (nSPS) is 25.5. The number of aromatic nitrogens is 1. The van der Waals surface area contributed by atoms with Crippen molar-refractivity contribution < 1.29 is 0 Å². The van der Waals surface area contributed by atoms with Crippen molar-refractivity contribution in [2.45, 2.75) is 19.4 Å². The molecule has 1 unspecified atom stereocenters. The lowest BCUT2D eigenvalue weighted by molar-refractivity contribution is 0.267. The first kappa shape index (κ1) is 15.4. The van der Waals surface area contributed by atoms with E-state index >= 15 is 0 Å². The van der Waals surface area contributed by atoms with Crippen LogP contribution >= 0.6 is 35.1 Å². The molecule has 4 rings (SSSR count). The summed E-state index contributed by atoms with van der Waals surface area (Å²) in [6.07, 6.45) is 2.70. The van der Waals surface area contributed by atoms with Crippen LogP contribution in [0.3, 0.4) is 0 Å². The van der Waals surface area contributed by atoms with E-state index in [1.54, 1.807) is 22.7 Å². The van der Waals surface area contributed by atoms with Crippen LogP contribution in [0.1, 0.15) is 18.5 Å². The molecule has 0 bridgehead atoms. The first-order valence-corrected chi connectivity index (χ1v) is 9.05. The fourth-order valence-electron chi connectivity index (χ4n) is 3.43. The molecular weight excluding hydrogens is 322 g/mol. The second-order valence-electron chi connectivity index (χ2n) is 6.04. The third-order valence-corrected chi connectivity index (χ3v) is 6.18. The molecule has 2 aromatic heterocycles. The summed E-state index contributed by atoms with van der Waals surface area (Å²) in [6.45, 7) is 5.90. The molecule has 4 heterocycles. The van der Waals surface area contributed by atoms with Gasteiger partial charge in [-0.05, 0) is 42.8 Å². The number of thiazole rings is 1. The highest BCUT2D eigenvalue weighted by atomic mass is 35.5. The van der Waals surface area contributed by atoms with E-state index in [9.17, 15) is 0 Å². The Morgan fingerprint density at radius 2 is 2.29 bits per heavy atom. The summed E-state index contributed by atoms with van der Waals surface area (Å²) < 4.78 is 0. The van der Waals surface area contributed by atoms with Gasteiger partial charge in [0.25, 0.3) is 0 Å². The Morgan fingerprint density at radius 1 is 1.33 bits per heavy atom. The van der Waals surface area contributed by atoms with Crippen LogP contribution in [0.25, 0.3) is 10.6 Å². The van der Waals surface area contributed by atoms with E-state index in [4.69, 9.17) is 4.98 Å². The first-order valence-electron chi connectivity index (χ1n) is 7.23. The van der Waals surface area contributed by atoms with Gasteiger partial charge in [-0.25, -0.2) is 4.98 Å². The van der Waals surface area contributed by atoms with Crippen molar-refractivity contribution in [2.24, 2.45) is 5.41 Å². The van der Waals surface area contributed by atoms with Crippen molar-refractivity contribution >= 4 is 35.1 Å². The number of rotatable bonds is 3. The third kappa shape index (κ3) is 3.17. The van der Waals surface area contributed by atoms with Crippen LogP contribution in [-0.2, 0) is 6.54 Å². The van der Waals surface area contributed by atoms with Gasteiger partial charge in [0.15, 0.2) is 0 Å². The predicted octanol–water partition coefficient (Wildman–Crippen LogP) is 3.48. The van der Waals surface area contributed by atoms with Gasteiger partial charge in [-0.1, -0.05) is 0 Å². The van der Waals surface area contributed by atoms with Crippen LogP contribution < -0.4 is 5.32 Å². The van der Waals surface area contributed by atoms with Gasteiger partial charge in [0, 0.05) is 36.0 Å². The molecule has 21 heavy (non-hydrogen) atoms. The topological polar surface area (TPSA) is 28.2 Å². The molecule has 2 fully saturated rings. The van der Waals surface area contributed by atoms with E-state index < -0.39 is 0 Å². The monoisotopic (exact) mass is 341 g/mol. The van der Waals surface area contributed by atoms with Gasteiger partial charge >= 0.3 is 0 Å². The Morgan fingerprint density at radius 3 is 3.05 bits per heavy atom. The first-order chi connectivity index (χ1) is 9.83. The summed E-state index contributed by atoms with van der Waals surface area (Å²) in [4.78, 5) is 7.38. The van der Waals surface area contributed by atoms with E-state index in [0.717, 1.165) is 11.6 Å². The van der Waals surface area contributed by atoms with Gasteiger partial charge in [-0.15, -0.1) is 23.7 Å². The van der Waals surface area contributed by atoms with E-state index in [-0.39, 0.29) is 12.4 Å². The number of thiophene rings is 1. The standard InChI is InChI=1S/C15H19N3S2.ClH/c1-6-19-8-12(1)14-17-13(9-20-14)7-18-5-3-15(11-18)2-4-16-10-15;/h1,6,8-9,16H,2-5,7,10-11H2;1H. The maximum absolute atomic E-state index is 4.80. The highest BCUT2D eigenvalue weighted by molar-refractivity contribution is 7.14. The number of hydrogen-bond acceptors (Lipinski definition) is 5. The molecule has 2 aromatic rings. The molecule has 114 valence electrons. The SMILES string of the molecule is Cl.c1cc(-c2nc(CN3CCC4(CCNC4)C3)cs2)cs1. The van der Waals surface area contributed by atoms with Crippen LogP contribution in [-0.4, -0.2) is 36.1 Å². The minimum atomic E-state index is 0. The van der Waals surface area contributed by atoms with Crippen molar-refractivity contribution in [1.82, 2.24) is 15.2 Å². The van der Waals surface area contributed by atoms with E-state index in [1.165, 1.54) is 50.3 Å².